The highest BCUT2D eigenvalue weighted by molar-refractivity contribution is 9.10. The highest BCUT2D eigenvalue weighted by atomic mass is 79.9. The molecule has 2 heterocycles. The van der Waals surface area contributed by atoms with Crippen molar-refractivity contribution in [1.29, 1.82) is 0 Å². The third kappa shape index (κ3) is 4.20. The molecule has 1 N–H and O–H groups in total. The van der Waals surface area contributed by atoms with E-state index < -0.39 is 5.41 Å². The number of carbonyl (C=O) groups is 1. The molecular weight excluding hydrogens is 472 g/mol. The Morgan fingerprint density at radius 1 is 1.31 bits per heavy atom. The Bertz CT molecular complexity index is 1140. The molecule has 8 heteroatoms. The molecule has 1 aliphatic rings. The van der Waals surface area contributed by atoms with E-state index >= 15 is 0 Å². The van der Waals surface area contributed by atoms with E-state index in [4.69, 9.17) is 14.5 Å². The molecule has 1 aliphatic carbocycles. The zero-order valence-corrected chi connectivity index (χ0v) is 20.5. The third-order valence-corrected chi connectivity index (χ3v) is 7.22. The summed E-state index contributed by atoms with van der Waals surface area (Å²) < 4.78 is 13.2. The minimum atomic E-state index is -0.403. The first-order valence-electron chi connectivity index (χ1n) is 10.8. The highest BCUT2D eigenvalue weighted by Gasteiger charge is 2.40. The van der Waals surface area contributed by atoms with Crippen LogP contribution in [0, 0.1) is 12.3 Å². The van der Waals surface area contributed by atoms with Crippen LogP contribution in [-0.2, 0) is 16.1 Å². The number of anilines is 1. The first-order valence-corrected chi connectivity index (χ1v) is 11.6. The molecule has 0 bridgehead atoms. The fraction of sp³-hybridized carbons (Fsp3) is 0.458. The molecule has 1 saturated carbocycles. The topological polar surface area (TPSA) is 77.8 Å². The number of nitrogens with zero attached hydrogens (tertiary/aromatic N) is 3. The summed E-state index contributed by atoms with van der Waals surface area (Å²) in [6.07, 6.45) is 7.14. The SMILES string of the molecule is COC(=O)C1(C)CCC(c2nc(Br)c3c(NCc4ccc(OC)cc4C)nccn23)CC1. The van der Waals surface area contributed by atoms with Gasteiger partial charge in [-0.25, -0.2) is 9.97 Å². The van der Waals surface area contributed by atoms with E-state index in [0.29, 0.717) is 6.54 Å². The molecule has 4 rings (SSSR count). The smallest absolute Gasteiger partial charge is 0.311 e. The molecule has 0 amide bonds. The average Bonchev–Trinajstić information content (AvgIpc) is 3.15. The van der Waals surface area contributed by atoms with E-state index in [9.17, 15) is 4.79 Å². The van der Waals surface area contributed by atoms with E-state index in [1.54, 1.807) is 13.3 Å². The lowest BCUT2D eigenvalue weighted by molar-refractivity contribution is -0.153. The van der Waals surface area contributed by atoms with Gasteiger partial charge in [-0.15, -0.1) is 0 Å². The molecule has 0 radical (unpaired) electrons. The maximum absolute atomic E-state index is 12.2. The van der Waals surface area contributed by atoms with Crippen molar-refractivity contribution in [3.8, 4) is 5.75 Å². The minimum absolute atomic E-state index is 0.116. The number of benzene rings is 1. The van der Waals surface area contributed by atoms with Crippen molar-refractivity contribution in [2.75, 3.05) is 19.5 Å². The maximum Gasteiger partial charge on any atom is 0.311 e. The van der Waals surface area contributed by atoms with Crippen LogP contribution >= 0.6 is 15.9 Å². The van der Waals surface area contributed by atoms with Crippen molar-refractivity contribution in [3.63, 3.8) is 0 Å². The summed E-state index contributed by atoms with van der Waals surface area (Å²) in [7, 11) is 3.14. The largest absolute Gasteiger partial charge is 0.497 e. The molecular formula is C24H29BrN4O3. The fourth-order valence-electron chi connectivity index (χ4n) is 4.57. The Labute approximate surface area is 196 Å². The Balaban J connectivity index is 1.56. The quantitative estimate of drug-likeness (QED) is 0.465. The second-order valence-corrected chi connectivity index (χ2v) is 9.48. The number of carbonyl (C=O) groups excluding carboxylic acids is 1. The predicted molar refractivity (Wildman–Crippen MR) is 127 cm³/mol. The number of rotatable bonds is 6. The van der Waals surface area contributed by atoms with Gasteiger partial charge in [0.05, 0.1) is 19.6 Å². The number of nitrogens with one attached hydrogen (secondary N) is 1. The first kappa shape index (κ1) is 22.6. The van der Waals surface area contributed by atoms with Gasteiger partial charge in [0.1, 0.15) is 21.7 Å². The Morgan fingerprint density at radius 2 is 2.06 bits per heavy atom. The maximum atomic E-state index is 12.2. The van der Waals surface area contributed by atoms with Crippen molar-refractivity contribution in [1.82, 2.24) is 14.4 Å². The summed E-state index contributed by atoms with van der Waals surface area (Å²) in [5, 5.41) is 3.47. The van der Waals surface area contributed by atoms with Gasteiger partial charge in [0.2, 0.25) is 0 Å². The second kappa shape index (κ2) is 9.10. The predicted octanol–water partition coefficient (Wildman–Crippen LogP) is 5.26. The van der Waals surface area contributed by atoms with Crippen LogP contribution in [0.15, 0.2) is 35.2 Å². The van der Waals surface area contributed by atoms with Crippen LogP contribution < -0.4 is 10.1 Å². The molecule has 7 nitrogen and oxygen atoms in total. The number of methoxy groups -OCH3 is 2. The highest BCUT2D eigenvalue weighted by Crippen LogP contribution is 2.44. The van der Waals surface area contributed by atoms with E-state index in [0.717, 1.165) is 58.8 Å². The van der Waals surface area contributed by atoms with Crippen LogP contribution in [0.2, 0.25) is 0 Å². The molecule has 0 aliphatic heterocycles. The van der Waals surface area contributed by atoms with Gasteiger partial charge in [-0.2, -0.15) is 0 Å². The van der Waals surface area contributed by atoms with E-state index in [1.807, 2.05) is 25.3 Å². The number of imidazole rings is 1. The Morgan fingerprint density at radius 3 is 2.72 bits per heavy atom. The Kier molecular flexibility index (Phi) is 6.42. The van der Waals surface area contributed by atoms with E-state index in [1.165, 1.54) is 12.7 Å². The summed E-state index contributed by atoms with van der Waals surface area (Å²) in [4.78, 5) is 21.6. The monoisotopic (exact) mass is 500 g/mol. The van der Waals surface area contributed by atoms with Gasteiger partial charge in [0.15, 0.2) is 5.82 Å². The van der Waals surface area contributed by atoms with Crippen molar-refractivity contribution in [2.24, 2.45) is 5.41 Å². The van der Waals surface area contributed by atoms with Crippen molar-refractivity contribution in [2.45, 2.75) is 52.0 Å². The van der Waals surface area contributed by atoms with Gasteiger partial charge < -0.3 is 14.8 Å². The lowest BCUT2D eigenvalue weighted by Crippen LogP contribution is -2.33. The van der Waals surface area contributed by atoms with Crippen molar-refractivity contribution < 1.29 is 14.3 Å². The van der Waals surface area contributed by atoms with Crippen molar-refractivity contribution >= 4 is 33.2 Å². The van der Waals surface area contributed by atoms with Crippen LogP contribution in [-0.4, -0.2) is 34.6 Å². The van der Waals surface area contributed by atoms with Gasteiger partial charge in [-0.1, -0.05) is 6.07 Å². The standard InChI is InChI=1S/C24H29BrN4O3/c1-15-13-18(31-3)6-5-17(15)14-27-21-19-20(25)28-22(29(19)12-11-26-21)16-7-9-24(2,10-8-16)23(30)32-4/h5-6,11-13,16H,7-10,14H2,1-4H3,(H,26,27). The summed E-state index contributed by atoms with van der Waals surface area (Å²) in [5.41, 5.74) is 2.86. The fourth-order valence-corrected chi connectivity index (χ4v) is 5.13. The van der Waals surface area contributed by atoms with Crippen LogP contribution in [0.25, 0.3) is 5.52 Å². The number of hydrogen-bond donors (Lipinski definition) is 1. The molecule has 0 atom stereocenters. The van der Waals surface area contributed by atoms with Gasteiger partial charge in [-0.05, 0) is 78.7 Å². The molecule has 3 aromatic rings. The lowest BCUT2D eigenvalue weighted by Gasteiger charge is -2.34. The normalized spacial score (nSPS) is 20.8. The molecule has 1 aromatic carbocycles. The van der Waals surface area contributed by atoms with Gasteiger partial charge >= 0.3 is 5.97 Å². The number of ether oxygens (including phenoxy) is 2. The molecule has 0 unspecified atom stereocenters. The van der Waals surface area contributed by atoms with Crippen LogP contribution in [0.1, 0.15) is 55.5 Å². The number of esters is 1. The number of aryl methyl sites for hydroxylation is 1. The van der Waals surface area contributed by atoms with Gasteiger partial charge in [0, 0.05) is 24.9 Å². The molecule has 2 aromatic heterocycles. The van der Waals surface area contributed by atoms with E-state index in [2.05, 4.69) is 43.6 Å². The Hall–Kier alpha value is -2.61. The minimum Gasteiger partial charge on any atom is -0.497 e. The average molecular weight is 501 g/mol. The summed E-state index contributed by atoms with van der Waals surface area (Å²) >= 11 is 3.65. The summed E-state index contributed by atoms with van der Waals surface area (Å²) in [5.74, 6) is 2.80. The van der Waals surface area contributed by atoms with Crippen LogP contribution in [0.3, 0.4) is 0 Å². The van der Waals surface area contributed by atoms with Crippen LogP contribution in [0.4, 0.5) is 5.82 Å². The number of halogens is 1. The molecule has 0 spiro atoms. The number of fused-ring (bicyclic) bond motifs is 1. The van der Waals surface area contributed by atoms with Gasteiger partial charge in [0.25, 0.3) is 0 Å². The second-order valence-electron chi connectivity index (χ2n) is 8.73. The van der Waals surface area contributed by atoms with Crippen LogP contribution in [0.5, 0.6) is 5.75 Å². The number of aromatic nitrogens is 3. The summed E-state index contributed by atoms with van der Waals surface area (Å²) in [6.45, 7) is 4.73. The third-order valence-electron chi connectivity index (χ3n) is 6.67. The zero-order chi connectivity index (χ0) is 22.9. The molecule has 1 fully saturated rings. The molecule has 32 heavy (non-hydrogen) atoms. The first-order chi connectivity index (χ1) is 15.4. The van der Waals surface area contributed by atoms with E-state index in [-0.39, 0.29) is 11.9 Å². The summed E-state index contributed by atoms with van der Waals surface area (Å²) in [6, 6.07) is 6.07. The number of hydrogen-bond acceptors (Lipinski definition) is 6. The molecule has 0 saturated heterocycles. The zero-order valence-electron chi connectivity index (χ0n) is 18.9. The molecule has 170 valence electrons. The van der Waals surface area contributed by atoms with Crippen molar-refractivity contribution in [3.05, 3.63) is 52.1 Å². The van der Waals surface area contributed by atoms with Gasteiger partial charge in [-0.3, -0.25) is 9.20 Å². The lowest BCUT2D eigenvalue weighted by atomic mass is 9.71.